The molecule has 0 bridgehead atoms. The zero-order valence-corrected chi connectivity index (χ0v) is 21.4. The SMILES string of the molecule is CN[C@H]1OC1C12CC1[C@@H](n1cnc3c(NCC4CCC4)cc(C#Cc4ccc(Cl)s4)nc31)[C@H](O)[C@@H]2O. The quantitative estimate of drug-likeness (QED) is 0.289. The van der Waals surface area contributed by atoms with Crippen molar-refractivity contribution in [3.05, 3.63) is 39.4 Å². The number of hydrogen-bond donors (Lipinski definition) is 4. The highest BCUT2D eigenvalue weighted by atomic mass is 35.5. The van der Waals surface area contributed by atoms with E-state index in [-0.39, 0.29) is 24.3 Å². The lowest BCUT2D eigenvalue weighted by Crippen LogP contribution is -2.37. The normalized spacial score (nSPS) is 34.7. The summed E-state index contributed by atoms with van der Waals surface area (Å²) in [5.41, 5.74) is 2.53. The first-order valence-electron chi connectivity index (χ1n) is 12.6. The maximum absolute atomic E-state index is 11.1. The van der Waals surface area contributed by atoms with E-state index in [1.54, 1.807) is 6.33 Å². The summed E-state index contributed by atoms with van der Waals surface area (Å²) < 4.78 is 8.44. The fourth-order valence-corrected chi connectivity index (χ4v) is 7.22. The highest BCUT2D eigenvalue weighted by Crippen LogP contribution is 2.72. The van der Waals surface area contributed by atoms with Gasteiger partial charge in [-0.05, 0) is 68.2 Å². The first-order valence-corrected chi connectivity index (χ1v) is 13.8. The molecule has 3 aliphatic carbocycles. The number of aliphatic hydroxyl groups excluding tert-OH is 2. The molecule has 4 fully saturated rings. The highest BCUT2D eigenvalue weighted by Gasteiger charge is 2.79. The fourth-order valence-electron chi connectivity index (χ4n) is 6.32. The average Bonchev–Trinajstić information content (AvgIpc) is 3.67. The standard InChI is InChI=1S/C26H28ClN5O3S/c1-28-25-23(35-25)26-10-16(26)20(21(33)22(26)34)32-12-30-19-17(29-11-13-3-2-4-13)9-14(31-24(19)32)5-6-15-7-8-18(27)36-15/h7-9,12-13,16,20-23,25,28,33-34H,2-4,10-11H2,1H3,(H,29,31)/t16?,20-,21+,22+,23?,25+,26?/m1/s1. The van der Waals surface area contributed by atoms with E-state index in [1.807, 2.05) is 29.8 Å². The van der Waals surface area contributed by atoms with Gasteiger partial charge < -0.3 is 24.8 Å². The number of imidazole rings is 1. The summed E-state index contributed by atoms with van der Waals surface area (Å²) in [5, 5.41) is 28.9. The Kier molecular flexibility index (Phi) is 5.37. The van der Waals surface area contributed by atoms with Crippen molar-refractivity contribution < 1.29 is 14.9 Å². The smallest absolute Gasteiger partial charge is 0.163 e. The minimum Gasteiger partial charge on any atom is -0.390 e. The Labute approximate surface area is 218 Å². The van der Waals surface area contributed by atoms with Crippen molar-refractivity contribution in [3.63, 3.8) is 0 Å². The lowest BCUT2D eigenvalue weighted by atomic mass is 9.85. The Hall–Kier alpha value is -2.19. The number of pyridine rings is 1. The highest BCUT2D eigenvalue weighted by molar-refractivity contribution is 7.16. The molecule has 4 aliphatic rings. The molecule has 0 spiro atoms. The molecule has 0 aromatic carbocycles. The van der Waals surface area contributed by atoms with Crippen LogP contribution in [-0.2, 0) is 4.74 Å². The van der Waals surface area contributed by atoms with Gasteiger partial charge in [-0.3, -0.25) is 5.32 Å². The van der Waals surface area contributed by atoms with Crippen LogP contribution in [0.3, 0.4) is 0 Å². The van der Waals surface area contributed by atoms with Crippen LogP contribution in [0.4, 0.5) is 5.69 Å². The van der Waals surface area contributed by atoms with Crippen LogP contribution in [0.25, 0.3) is 11.2 Å². The Bertz CT molecular complexity index is 1390. The van der Waals surface area contributed by atoms with E-state index in [0.717, 1.165) is 29.0 Å². The number of epoxide rings is 1. The molecular formula is C26H28ClN5O3S. The summed E-state index contributed by atoms with van der Waals surface area (Å²) in [6.07, 6.45) is 4.42. The monoisotopic (exact) mass is 525 g/mol. The van der Waals surface area contributed by atoms with Crippen molar-refractivity contribution >= 4 is 39.8 Å². The van der Waals surface area contributed by atoms with Crippen molar-refractivity contribution in [1.29, 1.82) is 0 Å². The predicted octanol–water partition coefficient (Wildman–Crippen LogP) is 2.99. The van der Waals surface area contributed by atoms with Gasteiger partial charge in [0.25, 0.3) is 0 Å². The second kappa shape index (κ2) is 8.42. The Morgan fingerprint density at radius 1 is 1.31 bits per heavy atom. The van der Waals surface area contributed by atoms with Gasteiger partial charge in [-0.1, -0.05) is 18.0 Å². The molecule has 3 aromatic heterocycles. The molecule has 10 heteroatoms. The van der Waals surface area contributed by atoms with Crippen LogP contribution in [0.1, 0.15) is 42.3 Å². The molecule has 7 atom stereocenters. The number of nitrogens with one attached hydrogen (secondary N) is 2. The summed E-state index contributed by atoms with van der Waals surface area (Å²) >= 11 is 7.50. The summed E-state index contributed by atoms with van der Waals surface area (Å²) in [4.78, 5) is 10.5. The summed E-state index contributed by atoms with van der Waals surface area (Å²) in [6, 6.07) is 5.37. The second-order valence-electron chi connectivity index (χ2n) is 10.5. The number of halogens is 1. The van der Waals surface area contributed by atoms with Crippen LogP contribution >= 0.6 is 22.9 Å². The van der Waals surface area contributed by atoms with Gasteiger partial charge in [0.05, 0.1) is 33.4 Å². The third-order valence-electron chi connectivity index (χ3n) is 8.59. The van der Waals surface area contributed by atoms with Gasteiger partial charge in [0, 0.05) is 12.0 Å². The van der Waals surface area contributed by atoms with E-state index < -0.39 is 17.6 Å². The summed E-state index contributed by atoms with van der Waals surface area (Å²) in [7, 11) is 1.85. The first-order chi connectivity index (χ1) is 17.5. The zero-order valence-electron chi connectivity index (χ0n) is 19.8. The third-order valence-corrected chi connectivity index (χ3v) is 9.74. The van der Waals surface area contributed by atoms with Crippen LogP contribution in [0.2, 0.25) is 4.34 Å². The molecular weight excluding hydrogens is 498 g/mol. The van der Waals surface area contributed by atoms with Gasteiger partial charge in [-0.2, -0.15) is 0 Å². The van der Waals surface area contributed by atoms with Crippen LogP contribution in [0, 0.1) is 29.1 Å². The Morgan fingerprint density at radius 3 is 2.86 bits per heavy atom. The topological polar surface area (TPSA) is 108 Å². The number of anilines is 1. The lowest BCUT2D eigenvalue weighted by molar-refractivity contribution is -0.0235. The molecule has 3 saturated carbocycles. The molecule has 3 unspecified atom stereocenters. The molecule has 4 heterocycles. The second-order valence-corrected chi connectivity index (χ2v) is 12.2. The van der Waals surface area contributed by atoms with Crippen LogP contribution < -0.4 is 10.6 Å². The molecule has 0 radical (unpaired) electrons. The molecule has 0 amide bonds. The summed E-state index contributed by atoms with van der Waals surface area (Å²) in [6.45, 7) is 0.889. The number of hydrogen-bond acceptors (Lipinski definition) is 8. The minimum absolute atomic E-state index is 0.0665. The van der Waals surface area contributed by atoms with Crippen molar-refractivity contribution in [2.45, 2.75) is 56.3 Å². The number of likely N-dealkylation sites (N-methyl/N-ethyl adjacent to an activating group) is 1. The van der Waals surface area contributed by atoms with Gasteiger partial charge in [0.2, 0.25) is 0 Å². The molecule has 8 nitrogen and oxygen atoms in total. The van der Waals surface area contributed by atoms with Crippen molar-refractivity contribution in [1.82, 2.24) is 19.9 Å². The molecule has 36 heavy (non-hydrogen) atoms. The van der Waals surface area contributed by atoms with Crippen LogP contribution in [-0.4, -0.2) is 62.9 Å². The molecule has 188 valence electrons. The number of thiophene rings is 1. The molecule has 3 aromatic rings. The molecule has 1 saturated heterocycles. The number of aliphatic hydroxyl groups is 2. The van der Waals surface area contributed by atoms with Gasteiger partial charge >= 0.3 is 0 Å². The fraction of sp³-hybridized carbons (Fsp3) is 0.538. The van der Waals surface area contributed by atoms with Crippen molar-refractivity contribution in [2.75, 3.05) is 18.9 Å². The number of aromatic nitrogens is 3. The lowest BCUT2D eigenvalue weighted by Gasteiger charge is -2.26. The van der Waals surface area contributed by atoms with Crippen LogP contribution in [0.5, 0.6) is 0 Å². The van der Waals surface area contributed by atoms with Gasteiger partial charge in [0.15, 0.2) is 5.65 Å². The number of nitrogens with zero attached hydrogens (tertiary/aromatic N) is 3. The Morgan fingerprint density at radius 2 is 2.17 bits per heavy atom. The van der Waals surface area contributed by atoms with E-state index in [4.69, 9.17) is 26.3 Å². The van der Waals surface area contributed by atoms with Crippen LogP contribution in [0.15, 0.2) is 24.5 Å². The maximum Gasteiger partial charge on any atom is 0.163 e. The van der Waals surface area contributed by atoms with Gasteiger partial charge in [0.1, 0.15) is 29.6 Å². The number of fused-ring (bicyclic) bond motifs is 2. The van der Waals surface area contributed by atoms with E-state index >= 15 is 0 Å². The van der Waals surface area contributed by atoms with E-state index in [1.165, 1.54) is 30.6 Å². The average molecular weight is 526 g/mol. The largest absolute Gasteiger partial charge is 0.390 e. The zero-order chi connectivity index (χ0) is 24.6. The van der Waals surface area contributed by atoms with E-state index in [0.29, 0.717) is 21.6 Å². The molecule has 7 rings (SSSR count). The van der Waals surface area contributed by atoms with E-state index in [2.05, 4.69) is 22.5 Å². The molecule has 1 aliphatic heterocycles. The summed E-state index contributed by atoms with van der Waals surface area (Å²) in [5.74, 6) is 7.13. The third kappa shape index (κ3) is 3.51. The minimum atomic E-state index is -0.918. The molecule has 4 N–H and O–H groups in total. The predicted molar refractivity (Wildman–Crippen MR) is 138 cm³/mol. The Balaban J connectivity index is 1.26. The van der Waals surface area contributed by atoms with E-state index in [9.17, 15) is 10.2 Å². The number of ether oxygens (including phenoxy) is 1. The van der Waals surface area contributed by atoms with Crippen molar-refractivity contribution in [3.8, 4) is 11.8 Å². The maximum atomic E-state index is 11.1. The van der Waals surface area contributed by atoms with Gasteiger partial charge in [-0.25, -0.2) is 9.97 Å². The van der Waals surface area contributed by atoms with Gasteiger partial charge in [-0.15, -0.1) is 11.3 Å². The van der Waals surface area contributed by atoms with Crippen molar-refractivity contribution in [2.24, 2.45) is 17.3 Å². The first kappa shape index (κ1) is 23.0. The number of rotatable bonds is 6.